The quantitative estimate of drug-likeness (QED) is 0.556. The van der Waals surface area contributed by atoms with E-state index in [1.807, 2.05) is 10.8 Å². The number of carbonyl (C=O) groups is 1. The number of alkyl halides is 3. The van der Waals surface area contributed by atoms with Crippen LogP contribution >= 0.6 is 0 Å². The van der Waals surface area contributed by atoms with Gasteiger partial charge in [-0.1, -0.05) is 5.16 Å². The Bertz CT molecular complexity index is 1010. The highest BCUT2D eigenvalue weighted by Crippen LogP contribution is 2.36. The predicted molar refractivity (Wildman–Crippen MR) is 98.9 cm³/mol. The van der Waals surface area contributed by atoms with Gasteiger partial charge in [-0.15, -0.1) is 0 Å². The topological polar surface area (TPSA) is 100 Å². The summed E-state index contributed by atoms with van der Waals surface area (Å²) < 4.78 is 51.1. The van der Waals surface area contributed by atoms with Crippen molar-refractivity contribution < 1.29 is 27.2 Å². The average Bonchev–Trinajstić information content (AvgIpc) is 3.36. The summed E-state index contributed by atoms with van der Waals surface area (Å²) in [4.78, 5) is 16.7. The predicted octanol–water partition coefficient (Wildman–Crippen LogP) is 2.65. The number of imidazole rings is 1. The molecule has 0 fully saturated rings. The van der Waals surface area contributed by atoms with Crippen molar-refractivity contribution in [3.63, 3.8) is 0 Å². The van der Waals surface area contributed by atoms with E-state index in [9.17, 15) is 18.0 Å². The fraction of sp³-hybridized carbons (Fsp3) is 0.444. The molecule has 3 rings (SSSR count). The first-order valence-electron chi connectivity index (χ1n) is 9.11. The second kappa shape index (κ2) is 8.59. The van der Waals surface area contributed by atoms with Crippen LogP contribution in [0.3, 0.4) is 0 Å². The Kier molecular flexibility index (Phi) is 6.13. The number of nitrogens with one attached hydrogen (secondary N) is 1. The second-order valence-electron chi connectivity index (χ2n) is 6.67. The van der Waals surface area contributed by atoms with Crippen molar-refractivity contribution in [1.29, 1.82) is 0 Å². The normalized spacial score (nSPS) is 11.7. The van der Waals surface area contributed by atoms with Crippen LogP contribution in [0.2, 0.25) is 0 Å². The van der Waals surface area contributed by atoms with E-state index >= 15 is 0 Å². The third kappa shape index (κ3) is 4.81. The molecule has 3 heterocycles. The molecule has 0 atom stereocenters. The van der Waals surface area contributed by atoms with Gasteiger partial charge in [0.15, 0.2) is 6.61 Å². The SMILES string of the molecule is Cc1nn(C)c(OCC(F)(F)F)c1-c1noc(C)c1C(=O)NCCCn1ccnc1. The molecule has 162 valence electrons. The number of rotatable bonds is 8. The van der Waals surface area contributed by atoms with Crippen LogP contribution in [-0.4, -0.2) is 49.7 Å². The smallest absolute Gasteiger partial charge is 0.422 e. The summed E-state index contributed by atoms with van der Waals surface area (Å²) in [5.74, 6) is -0.353. The number of hydrogen-bond acceptors (Lipinski definition) is 6. The monoisotopic (exact) mass is 426 g/mol. The highest BCUT2D eigenvalue weighted by molar-refractivity contribution is 6.01. The Balaban J connectivity index is 1.79. The number of hydrogen-bond donors (Lipinski definition) is 1. The number of aryl methyl sites for hydroxylation is 4. The van der Waals surface area contributed by atoms with Gasteiger partial charge in [0.1, 0.15) is 17.0 Å². The summed E-state index contributed by atoms with van der Waals surface area (Å²) in [6.45, 7) is 2.70. The summed E-state index contributed by atoms with van der Waals surface area (Å²) in [6.07, 6.45) is 1.30. The minimum atomic E-state index is -4.52. The van der Waals surface area contributed by atoms with Gasteiger partial charge in [0, 0.05) is 32.5 Å². The zero-order valence-electron chi connectivity index (χ0n) is 16.7. The lowest BCUT2D eigenvalue weighted by Gasteiger charge is -2.11. The number of aromatic nitrogens is 5. The van der Waals surface area contributed by atoms with Crippen LogP contribution in [0.5, 0.6) is 5.88 Å². The van der Waals surface area contributed by atoms with Gasteiger partial charge in [-0.25, -0.2) is 9.67 Å². The number of nitrogens with zero attached hydrogens (tertiary/aromatic N) is 5. The number of halogens is 3. The van der Waals surface area contributed by atoms with E-state index in [0.717, 1.165) is 0 Å². The summed E-state index contributed by atoms with van der Waals surface area (Å²) >= 11 is 0. The zero-order chi connectivity index (χ0) is 21.9. The van der Waals surface area contributed by atoms with Crippen LogP contribution in [0.4, 0.5) is 13.2 Å². The van der Waals surface area contributed by atoms with Gasteiger partial charge in [0.05, 0.1) is 17.6 Å². The van der Waals surface area contributed by atoms with E-state index in [4.69, 9.17) is 9.26 Å². The first-order valence-corrected chi connectivity index (χ1v) is 9.11. The lowest BCUT2D eigenvalue weighted by molar-refractivity contribution is -0.154. The first kappa shape index (κ1) is 21.4. The Morgan fingerprint density at radius 2 is 2.10 bits per heavy atom. The molecule has 0 saturated heterocycles. The summed E-state index contributed by atoms with van der Waals surface area (Å²) in [5.41, 5.74) is 0.757. The van der Waals surface area contributed by atoms with Crippen molar-refractivity contribution >= 4 is 5.91 Å². The number of ether oxygens (including phenoxy) is 1. The molecule has 0 bridgehead atoms. The van der Waals surface area contributed by atoms with Crippen molar-refractivity contribution in [1.82, 2.24) is 29.8 Å². The van der Waals surface area contributed by atoms with Gasteiger partial charge in [0.2, 0.25) is 5.88 Å². The molecule has 0 unspecified atom stereocenters. The Morgan fingerprint density at radius 1 is 1.33 bits per heavy atom. The van der Waals surface area contributed by atoms with Gasteiger partial charge < -0.3 is 19.1 Å². The van der Waals surface area contributed by atoms with E-state index in [2.05, 4.69) is 20.6 Å². The molecule has 0 saturated carbocycles. The second-order valence-corrected chi connectivity index (χ2v) is 6.67. The Morgan fingerprint density at radius 3 is 2.77 bits per heavy atom. The molecule has 12 heteroatoms. The van der Waals surface area contributed by atoms with E-state index in [0.29, 0.717) is 25.2 Å². The van der Waals surface area contributed by atoms with Crippen LogP contribution in [0.1, 0.15) is 28.2 Å². The fourth-order valence-corrected chi connectivity index (χ4v) is 3.01. The van der Waals surface area contributed by atoms with Gasteiger partial charge in [0.25, 0.3) is 5.91 Å². The van der Waals surface area contributed by atoms with Crippen LogP contribution in [0, 0.1) is 13.8 Å². The molecule has 0 aromatic carbocycles. The van der Waals surface area contributed by atoms with Crippen LogP contribution < -0.4 is 10.1 Å². The van der Waals surface area contributed by atoms with Crippen molar-refractivity contribution in [3.8, 4) is 17.1 Å². The van der Waals surface area contributed by atoms with Crippen molar-refractivity contribution in [2.75, 3.05) is 13.2 Å². The van der Waals surface area contributed by atoms with E-state index in [-0.39, 0.29) is 28.5 Å². The maximum atomic E-state index is 12.8. The maximum absolute atomic E-state index is 12.8. The molecule has 0 spiro atoms. The summed E-state index contributed by atoms with van der Waals surface area (Å²) in [5, 5.41) is 10.8. The van der Waals surface area contributed by atoms with E-state index in [1.165, 1.54) is 11.7 Å². The van der Waals surface area contributed by atoms with Gasteiger partial charge >= 0.3 is 6.18 Å². The average molecular weight is 426 g/mol. The highest BCUT2D eigenvalue weighted by atomic mass is 19.4. The van der Waals surface area contributed by atoms with Gasteiger partial charge in [-0.2, -0.15) is 18.3 Å². The molecular weight excluding hydrogens is 405 g/mol. The largest absolute Gasteiger partial charge is 0.468 e. The molecule has 3 aromatic rings. The van der Waals surface area contributed by atoms with Crippen LogP contribution in [0.25, 0.3) is 11.3 Å². The van der Waals surface area contributed by atoms with Crippen molar-refractivity contribution in [2.24, 2.45) is 7.05 Å². The van der Waals surface area contributed by atoms with Gasteiger partial charge in [-0.3, -0.25) is 4.79 Å². The molecule has 9 nitrogen and oxygen atoms in total. The maximum Gasteiger partial charge on any atom is 0.422 e. The van der Waals surface area contributed by atoms with E-state index in [1.54, 1.807) is 26.4 Å². The molecule has 0 radical (unpaired) electrons. The summed E-state index contributed by atoms with van der Waals surface area (Å²) in [6, 6.07) is 0. The van der Waals surface area contributed by atoms with Crippen LogP contribution in [-0.2, 0) is 13.6 Å². The lowest BCUT2D eigenvalue weighted by atomic mass is 10.1. The molecule has 3 aromatic heterocycles. The zero-order valence-corrected chi connectivity index (χ0v) is 16.7. The summed E-state index contributed by atoms with van der Waals surface area (Å²) in [7, 11) is 1.45. The Hall–Kier alpha value is -3.31. The van der Waals surface area contributed by atoms with Gasteiger partial charge in [-0.05, 0) is 20.3 Å². The molecule has 30 heavy (non-hydrogen) atoms. The van der Waals surface area contributed by atoms with E-state index < -0.39 is 18.7 Å². The number of carbonyl (C=O) groups excluding carboxylic acids is 1. The molecule has 1 N–H and O–H groups in total. The molecule has 0 aliphatic heterocycles. The van der Waals surface area contributed by atoms with Crippen molar-refractivity contribution in [3.05, 3.63) is 35.7 Å². The number of amides is 1. The highest BCUT2D eigenvalue weighted by Gasteiger charge is 2.32. The fourth-order valence-electron chi connectivity index (χ4n) is 3.01. The molecular formula is C18H21F3N6O3. The van der Waals surface area contributed by atoms with Crippen molar-refractivity contribution in [2.45, 2.75) is 33.0 Å². The minimum Gasteiger partial charge on any atom is -0.468 e. The first-order chi connectivity index (χ1) is 14.2. The third-order valence-corrected chi connectivity index (χ3v) is 4.31. The Labute approximate surface area is 169 Å². The molecule has 1 amide bonds. The molecule has 0 aliphatic rings. The third-order valence-electron chi connectivity index (χ3n) is 4.31. The van der Waals surface area contributed by atoms with Crippen LogP contribution in [0.15, 0.2) is 23.2 Å². The standard InChI is InChI=1S/C18H21F3N6O3/c1-11-13(17(26(3)24-11)29-9-18(19,20)21)15-14(12(2)30-25-15)16(28)23-5-4-7-27-8-6-22-10-27/h6,8,10H,4-5,7,9H2,1-3H3,(H,23,28). The molecule has 0 aliphatic carbocycles. The lowest BCUT2D eigenvalue weighted by Crippen LogP contribution is -2.26. The minimum absolute atomic E-state index is 0.0855.